The summed E-state index contributed by atoms with van der Waals surface area (Å²) in [5.74, 6) is 1.69. The van der Waals surface area contributed by atoms with Crippen molar-refractivity contribution in [1.82, 2.24) is 25.2 Å². The molecule has 44 heavy (non-hydrogen) atoms. The highest BCUT2D eigenvalue weighted by Crippen LogP contribution is 2.41. The molecule has 0 spiro atoms. The lowest BCUT2D eigenvalue weighted by molar-refractivity contribution is 0.107. The van der Waals surface area contributed by atoms with Crippen LogP contribution in [0.5, 0.6) is 6.01 Å². The van der Waals surface area contributed by atoms with Gasteiger partial charge in [0.1, 0.15) is 35.6 Å². The molecule has 4 aromatic rings. The quantitative estimate of drug-likeness (QED) is 0.276. The lowest BCUT2D eigenvalue weighted by Crippen LogP contribution is -2.44. The van der Waals surface area contributed by atoms with Crippen molar-refractivity contribution in [1.29, 1.82) is 0 Å². The van der Waals surface area contributed by atoms with Crippen LogP contribution in [0.2, 0.25) is 0 Å². The molecule has 1 N–H and O–H groups in total. The number of nitrogens with one attached hydrogen (secondary N) is 1. The maximum Gasteiger partial charge on any atom is 0.319 e. The molecular formula is C34H35F3N6O. The lowest BCUT2D eigenvalue weighted by Gasteiger charge is -2.31. The number of terminal acetylenes is 1. The summed E-state index contributed by atoms with van der Waals surface area (Å²) in [5.41, 5.74) is 0.0710. The van der Waals surface area contributed by atoms with Crippen molar-refractivity contribution < 1.29 is 17.9 Å². The van der Waals surface area contributed by atoms with Crippen LogP contribution in [0, 0.1) is 24.0 Å². The Kier molecular flexibility index (Phi) is 7.55. The third kappa shape index (κ3) is 5.02. The number of nitrogens with zero attached hydrogens (tertiary/aromatic N) is 5. The number of anilines is 1. The summed E-state index contributed by atoms with van der Waals surface area (Å²) in [6.07, 6.45) is 11.9. The third-order valence-corrected chi connectivity index (χ3v) is 9.54. The van der Waals surface area contributed by atoms with Crippen LogP contribution in [0.15, 0.2) is 36.5 Å². The summed E-state index contributed by atoms with van der Waals surface area (Å²) in [4.78, 5) is 18.0. The van der Waals surface area contributed by atoms with E-state index in [1.807, 2.05) is 11.9 Å². The molecule has 0 unspecified atom stereocenters. The van der Waals surface area contributed by atoms with Crippen LogP contribution >= 0.6 is 0 Å². The zero-order chi connectivity index (χ0) is 30.4. The van der Waals surface area contributed by atoms with E-state index in [1.54, 1.807) is 30.5 Å². The summed E-state index contributed by atoms with van der Waals surface area (Å²) in [5, 5.41) is 5.08. The van der Waals surface area contributed by atoms with Crippen molar-refractivity contribution in [2.24, 2.45) is 0 Å². The Bertz CT molecular complexity index is 1770. The van der Waals surface area contributed by atoms with Crippen LogP contribution in [-0.4, -0.2) is 77.4 Å². The first-order chi connectivity index (χ1) is 21.4. The average Bonchev–Trinajstić information content (AvgIpc) is 3.56. The number of hydrogen-bond acceptors (Lipinski definition) is 7. The van der Waals surface area contributed by atoms with Gasteiger partial charge in [-0.25, -0.2) is 13.2 Å². The van der Waals surface area contributed by atoms with Crippen LogP contribution in [-0.2, 0) is 0 Å². The molecule has 3 aliphatic rings. The normalized spacial score (nSPS) is 23.6. The van der Waals surface area contributed by atoms with Gasteiger partial charge in [-0.05, 0) is 50.2 Å². The molecule has 0 bridgehead atoms. The van der Waals surface area contributed by atoms with E-state index in [0.29, 0.717) is 47.1 Å². The Morgan fingerprint density at radius 2 is 2.07 bits per heavy atom. The van der Waals surface area contributed by atoms with Gasteiger partial charge in [0.25, 0.3) is 0 Å². The maximum absolute atomic E-state index is 16.7. The Hall–Kier alpha value is -3.94. The van der Waals surface area contributed by atoms with Gasteiger partial charge in [-0.15, -0.1) is 6.42 Å². The largest absolute Gasteiger partial charge is 0.461 e. The molecule has 0 aliphatic carbocycles. The van der Waals surface area contributed by atoms with E-state index in [2.05, 4.69) is 26.1 Å². The zero-order valence-corrected chi connectivity index (χ0v) is 24.8. The van der Waals surface area contributed by atoms with Gasteiger partial charge in [0.15, 0.2) is 5.82 Å². The van der Waals surface area contributed by atoms with Crippen LogP contribution in [0.4, 0.5) is 19.0 Å². The van der Waals surface area contributed by atoms with Crippen LogP contribution in [0.25, 0.3) is 32.9 Å². The first kappa shape index (κ1) is 28.8. The van der Waals surface area contributed by atoms with Gasteiger partial charge in [-0.1, -0.05) is 36.6 Å². The molecule has 2 aromatic heterocycles. The summed E-state index contributed by atoms with van der Waals surface area (Å²) in [7, 11) is 1.92. The topological polar surface area (TPSA) is 66.4 Å². The molecule has 5 heterocycles. The average molecular weight is 601 g/mol. The number of halogens is 3. The number of benzene rings is 2. The molecule has 3 saturated heterocycles. The highest BCUT2D eigenvalue weighted by Gasteiger charge is 2.49. The second kappa shape index (κ2) is 11.5. The van der Waals surface area contributed by atoms with Crippen molar-refractivity contribution in [3.8, 4) is 29.6 Å². The number of piperidine rings is 1. The smallest absolute Gasteiger partial charge is 0.319 e. The molecule has 10 heteroatoms. The number of ether oxygens (including phenoxy) is 1. The van der Waals surface area contributed by atoms with E-state index in [1.165, 1.54) is 6.07 Å². The van der Waals surface area contributed by atoms with Gasteiger partial charge in [-0.2, -0.15) is 9.97 Å². The number of pyridine rings is 1. The van der Waals surface area contributed by atoms with Crippen molar-refractivity contribution in [2.75, 3.05) is 44.7 Å². The molecule has 228 valence electrons. The van der Waals surface area contributed by atoms with E-state index in [0.717, 1.165) is 45.2 Å². The highest BCUT2D eigenvalue weighted by atomic mass is 19.1. The summed E-state index contributed by atoms with van der Waals surface area (Å²) >= 11 is 0. The Morgan fingerprint density at radius 1 is 1.18 bits per heavy atom. The molecule has 2 aromatic carbocycles. The second-order valence-corrected chi connectivity index (χ2v) is 12.4. The fraction of sp³-hybridized carbons (Fsp3) is 0.441. The van der Waals surface area contributed by atoms with Crippen molar-refractivity contribution >= 4 is 27.5 Å². The van der Waals surface area contributed by atoms with Gasteiger partial charge in [-0.3, -0.25) is 9.88 Å². The number of rotatable bonds is 7. The lowest BCUT2D eigenvalue weighted by atomic mass is 9.95. The monoisotopic (exact) mass is 600 g/mol. The minimum absolute atomic E-state index is 0.00836. The number of hydrogen-bond donors (Lipinski definition) is 1. The van der Waals surface area contributed by atoms with E-state index < -0.39 is 23.3 Å². The molecule has 0 saturated carbocycles. The fourth-order valence-corrected chi connectivity index (χ4v) is 7.40. The highest BCUT2D eigenvalue weighted by molar-refractivity contribution is 6.02. The van der Waals surface area contributed by atoms with Crippen LogP contribution in [0.3, 0.4) is 0 Å². The molecule has 3 atom stereocenters. The van der Waals surface area contributed by atoms with E-state index >= 15 is 4.39 Å². The Labute approximate surface area is 254 Å². The molecular weight excluding hydrogens is 565 g/mol. The van der Waals surface area contributed by atoms with E-state index in [4.69, 9.17) is 16.1 Å². The molecule has 7 rings (SSSR count). The van der Waals surface area contributed by atoms with Gasteiger partial charge in [0, 0.05) is 49.7 Å². The second-order valence-electron chi connectivity index (χ2n) is 12.4. The number of aromatic nitrogens is 3. The minimum Gasteiger partial charge on any atom is -0.461 e. The number of likely N-dealkylation sites (N-methyl/N-ethyl adjacent to an activating group) is 1. The summed E-state index contributed by atoms with van der Waals surface area (Å²) in [6, 6.07) is 8.47. The fourth-order valence-electron chi connectivity index (χ4n) is 7.40. The van der Waals surface area contributed by atoms with Gasteiger partial charge >= 0.3 is 6.01 Å². The van der Waals surface area contributed by atoms with E-state index in [9.17, 15) is 8.78 Å². The Morgan fingerprint density at radius 3 is 2.89 bits per heavy atom. The summed E-state index contributed by atoms with van der Waals surface area (Å²) < 4.78 is 52.1. The maximum atomic E-state index is 16.7. The SMILES string of the molecule is C#Cc1c(F)ccc2cccc(-c3ncc4c(N(C)C[C@H]5CCCCN5)nc(OC[C@@]56CCCN5C[C@H](F)C6)nc4c3F)c12. The Balaban J connectivity index is 1.33. The predicted octanol–water partition coefficient (Wildman–Crippen LogP) is 5.64. The van der Waals surface area contributed by atoms with Crippen molar-refractivity contribution in [2.45, 2.75) is 56.3 Å². The van der Waals surface area contributed by atoms with Gasteiger partial charge in [0.2, 0.25) is 0 Å². The van der Waals surface area contributed by atoms with Crippen molar-refractivity contribution in [3.05, 3.63) is 53.7 Å². The van der Waals surface area contributed by atoms with Gasteiger partial charge in [0.05, 0.1) is 16.5 Å². The number of alkyl halides is 1. The van der Waals surface area contributed by atoms with Crippen LogP contribution < -0.4 is 15.0 Å². The molecule has 7 nitrogen and oxygen atoms in total. The minimum atomic E-state index is -0.898. The molecule has 3 aliphatic heterocycles. The zero-order valence-electron chi connectivity index (χ0n) is 24.8. The third-order valence-electron chi connectivity index (χ3n) is 9.54. The standard InChI is InChI=1S/C34H35F3N6O/c1-3-24-27(36)12-11-21-8-6-10-25(28(21)24)30-29(37)31-26(17-39-30)32(42(2)19-23-9-4-5-14-38-23)41-33(40-31)44-20-34-13-7-15-43(34)18-22(35)16-34/h1,6,8,10-12,17,22-23,38H,4-5,7,9,13-16,18-20H2,2H3/t22-,23-,34+/m1/s1. The first-order valence-electron chi connectivity index (χ1n) is 15.4. The van der Waals surface area contributed by atoms with Crippen molar-refractivity contribution in [3.63, 3.8) is 0 Å². The molecule has 3 fully saturated rings. The predicted molar refractivity (Wildman–Crippen MR) is 166 cm³/mol. The first-order valence-corrected chi connectivity index (χ1v) is 15.4. The van der Waals surface area contributed by atoms with Crippen LogP contribution in [0.1, 0.15) is 44.1 Å². The van der Waals surface area contributed by atoms with Gasteiger partial charge < -0.3 is 15.0 Å². The molecule has 0 amide bonds. The number of fused-ring (bicyclic) bond motifs is 3. The summed E-state index contributed by atoms with van der Waals surface area (Å²) in [6.45, 7) is 3.07. The molecule has 0 radical (unpaired) electrons. The van der Waals surface area contributed by atoms with E-state index in [-0.39, 0.29) is 35.4 Å².